The van der Waals surface area contributed by atoms with Gasteiger partial charge in [-0.05, 0) is 24.5 Å². The number of hydrogen-bond donors (Lipinski definition) is 2. The minimum absolute atomic E-state index is 0.216. The lowest BCUT2D eigenvalue weighted by Gasteiger charge is -2.12. The van der Waals surface area contributed by atoms with Gasteiger partial charge in [-0.2, -0.15) is 0 Å². The van der Waals surface area contributed by atoms with Gasteiger partial charge in [-0.25, -0.2) is 0 Å². The molecule has 0 spiro atoms. The third-order valence-electron chi connectivity index (χ3n) is 2.26. The predicted octanol–water partition coefficient (Wildman–Crippen LogP) is 2.92. The molecule has 1 aliphatic rings. The van der Waals surface area contributed by atoms with Crippen molar-refractivity contribution in [2.24, 2.45) is 0 Å². The van der Waals surface area contributed by atoms with E-state index in [4.69, 9.17) is 4.74 Å². The summed E-state index contributed by atoms with van der Waals surface area (Å²) in [5.41, 5.74) is 1.14. The summed E-state index contributed by atoms with van der Waals surface area (Å²) in [7, 11) is 0. The molecule has 1 aromatic carbocycles. The number of rotatable bonds is 1. The normalized spacial score (nSPS) is 22.2. The van der Waals surface area contributed by atoms with Gasteiger partial charge in [0, 0.05) is 16.4 Å². The van der Waals surface area contributed by atoms with E-state index in [0.29, 0.717) is 0 Å². The van der Waals surface area contributed by atoms with E-state index in [-0.39, 0.29) is 6.10 Å². The Hall–Kier alpha value is -0.120. The lowest BCUT2D eigenvalue weighted by Crippen LogP contribution is -1.97. The molecule has 1 saturated heterocycles. The number of hydrogen-bond acceptors (Lipinski definition) is 3. The van der Waals surface area contributed by atoms with Gasteiger partial charge < -0.3 is 4.74 Å². The van der Waals surface area contributed by atoms with Crippen molar-refractivity contribution in [2.45, 2.75) is 28.7 Å². The lowest BCUT2D eigenvalue weighted by atomic mass is 10.1. The molecule has 1 nitrogen and oxygen atoms in total. The van der Waals surface area contributed by atoms with E-state index in [2.05, 4.69) is 31.3 Å². The lowest BCUT2D eigenvalue weighted by molar-refractivity contribution is 0.109. The Morgan fingerprint density at radius 1 is 1.46 bits per heavy atom. The van der Waals surface area contributed by atoms with E-state index >= 15 is 0 Å². The van der Waals surface area contributed by atoms with E-state index in [0.717, 1.165) is 34.8 Å². The van der Waals surface area contributed by atoms with Gasteiger partial charge in [0.1, 0.15) is 0 Å². The Morgan fingerprint density at radius 3 is 3.00 bits per heavy atom. The number of benzene rings is 1. The molecule has 3 heteroatoms. The van der Waals surface area contributed by atoms with E-state index < -0.39 is 0 Å². The van der Waals surface area contributed by atoms with Crippen molar-refractivity contribution in [2.75, 3.05) is 6.61 Å². The van der Waals surface area contributed by atoms with Crippen molar-refractivity contribution in [1.29, 1.82) is 0 Å². The molecule has 1 atom stereocenters. The Bertz CT molecular complexity index is 306. The topological polar surface area (TPSA) is 9.23 Å². The smallest absolute Gasteiger partial charge is 0.0836 e. The highest BCUT2D eigenvalue weighted by atomic mass is 32.1. The molecule has 0 aromatic heterocycles. The maximum atomic E-state index is 5.58. The fourth-order valence-electron chi connectivity index (χ4n) is 1.58. The molecular formula is C10H11OS2. The number of ether oxygens (including phenoxy) is 1. The molecule has 0 saturated carbocycles. The molecular weight excluding hydrogens is 200 g/mol. The fraction of sp³-hybridized carbons (Fsp3) is 0.400. The van der Waals surface area contributed by atoms with Gasteiger partial charge >= 0.3 is 0 Å². The van der Waals surface area contributed by atoms with Crippen LogP contribution >= 0.6 is 25.3 Å². The predicted molar refractivity (Wildman–Crippen MR) is 57.7 cm³/mol. The maximum absolute atomic E-state index is 5.58. The van der Waals surface area contributed by atoms with Crippen LogP contribution in [0.3, 0.4) is 0 Å². The minimum atomic E-state index is 0.216. The molecule has 1 aliphatic heterocycles. The van der Waals surface area contributed by atoms with E-state index in [1.54, 1.807) is 0 Å². The molecule has 1 unspecified atom stereocenters. The molecule has 0 bridgehead atoms. The molecule has 1 fully saturated rings. The highest BCUT2D eigenvalue weighted by molar-refractivity contribution is 7.83. The average molecular weight is 211 g/mol. The first-order chi connectivity index (χ1) is 6.29. The van der Waals surface area contributed by atoms with Crippen molar-refractivity contribution < 1.29 is 4.74 Å². The second-order valence-corrected chi connectivity index (χ2v) is 4.03. The van der Waals surface area contributed by atoms with Crippen LogP contribution in [0.15, 0.2) is 21.9 Å². The van der Waals surface area contributed by atoms with Crippen molar-refractivity contribution >= 4 is 25.3 Å². The zero-order chi connectivity index (χ0) is 9.26. The van der Waals surface area contributed by atoms with Crippen molar-refractivity contribution in [3.05, 3.63) is 23.8 Å². The molecule has 1 aromatic rings. The largest absolute Gasteiger partial charge is 0.373 e. The van der Waals surface area contributed by atoms with Gasteiger partial charge in [0.05, 0.1) is 6.10 Å². The van der Waals surface area contributed by atoms with E-state index in [1.165, 1.54) is 0 Å². The quantitative estimate of drug-likeness (QED) is 0.679. The SMILES string of the molecule is Sc1[c]ccc(C2CCCO2)c1S. The van der Waals surface area contributed by atoms with E-state index in [1.807, 2.05) is 12.1 Å². The van der Waals surface area contributed by atoms with Gasteiger partial charge in [-0.15, -0.1) is 25.3 Å². The summed E-state index contributed by atoms with van der Waals surface area (Å²) in [5, 5.41) is 0. The Kier molecular flexibility index (Phi) is 2.86. The van der Waals surface area contributed by atoms with Crippen LogP contribution in [0.5, 0.6) is 0 Å². The van der Waals surface area contributed by atoms with Crippen LogP contribution in [-0.2, 0) is 4.74 Å². The second kappa shape index (κ2) is 3.95. The minimum Gasteiger partial charge on any atom is -0.373 e. The molecule has 13 heavy (non-hydrogen) atoms. The molecule has 0 amide bonds. The summed E-state index contributed by atoms with van der Waals surface area (Å²) in [4.78, 5) is 1.70. The summed E-state index contributed by atoms with van der Waals surface area (Å²) in [6.45, 7) is 0.860. The van der Waals surface area contributed by atoms with Crippen LogP contribution in [0.25, 0.3) is 0 Å². The maximum Gasteiger partial charge on any atom is 0.0836 e. The average Bonchev–Trinajstić information content (AvgIpc) is 2.62. The summed E-state index contributed by atoms with van der Waals surface area (Å²) < 4.78 is 5.58. The first-order valence-electron chi connectivity index (χ1n) is 4.33. The summed E-state index contributed by atoms with van der Waals surface area (Å²) in [6.07, 6.45) is 2.44. The summed E-state index contributed by atoms with van der Waals surface area (Å²) in [6, 6.07) is 6.88. The van der Waals surface area contributed by atoms with Gasteiger partial charge in [-0.1, -0.05) is 12.1 Å². The van der Waals surface area contributed by atoms with Gasteiger partial charge in [0.2, 0.25) is 0 Å². The summed E-state index contributed by atoms with van der Waals surface area (Å²) in [5.74, 6) is 0. The number of thiol groups is 2. The van der Waals surface area contributed by atoms with Crippen molar-refractivity contribution in [3.63, 3.8) is 0 Å². The van der Waals surface area contributed by atoms with E-state index in [9.17, 15) is 0 Å². The standard InChI is InChI=1S/C10H11OS2/c12-9-5-1-3-7(10(9)13)8-4-2-6-11-8/h1,3,8,12-13H,2,4,6H2. The third kappa shape index (κ3) is 1.87. The molecule has 69 valence electrons. The van der Waals surface area contributed by atoms with Crippen LogP contribution in [0.2, 0.25) is 0 Å². The Balaban J connectivity index is 2.33. The van der Waals surface area contributed by atoms with Gasteiger partial charge in [0.25, 0.3) is 0 Å². The highest BCUT2D eigenvalue weighted by Crippen LogP contribution is 2.34. The van der Waals surface area contributed by atoms with Gasteiger partial charge in [-0.3, -0.25) is 0 Å². The molecule has 0 N–H and O–H groups in total. The molecule has 1 radical (unpaired) electrons. The molecule has 2 rings (SSSR count). The molecule has 0 aliphatic carbocycles. The van der Waals surface area contributed by atoms with Gasteiger partial charge in [0.15, 0.2) is 0 Å². The Morgan fingerprint density at radius 2 is 2.31 bits per heavy atom. The van der Waals surface area contributed by atoms with Crippen LogP contribution in [0.1, 0.15) is 24.5 Å². The first kappa shape index (κ1) is 9.44. The monoisotopic (exact) mass is 211 g/mol. The zero-order valence-electron chi connectivity index (χ0n) is 7.16. The molecule has 1 heterocycles. The highest BCUT2D eigenvalue weighted by Gasteiger charge is 2.20. The van der Waals surface area contributed by atoms with Crippen LogP contribution in [0, 0.1) is 6.07 Å². The Labute approximate surface area is 89.3 Å². The second-order valence-electron chi connectivity index (χ2n) is 3.13. The third-order valence-corrected chi connectivity index (χ3v) is 3.27. The first-order valence-corrected chi connectivity index (χ1v) is 5.22. The van der Waals surface area contributed by atoms with Crippen LogP contribution in [-0.4, -0.2) is 6.61 Å². The summed E-state index contributed by atoms with van der Waals surface area (Å²) >= 11 is 8.67. The van der Waals surface area contributed by atoms with Crippen LogP contribution in [0.4, 0.5) is 0 Å². The van der Waals surface area contributed by atoms with Crippen molar-refractivity contribution in [3.8, 4) is 0 Å². The zero-order valence-corrected chi connectivity index (χ0v) is 8.94. The van der Waals surface area contributed by atoms with Crippen molar-refractivity contribution in [1.82, 2.24) is 0 Å². The van der Waals surface area contributed by atoms with Crippen LogP contribution < -0.4 is 0 Å². The fourth-order valence-corrected chi connectivity index (χ4v) is 2.06.